The van der Waals surface area contributed by atoms with Crippen LogP contribution in [0.15, 0.2) is 54.7 Å². The molecule has 1 saturated carbocycles. The smallest absolute Gasteiger partial charge is 0.303 e. The number of halogens is 1. The highest BCUT2D eigenvalue weighted by Crippen LogP contribution is 2.28. The molecular formula is C24H25ClN2O3. The van der Waals surface area contributed by atoms with Crippen molar-refractivity contribution in [1.82, 2.24) is 9.88 Å². The van der Waals surface area contributed by atoms with Gasteiger partial charge in [-0.2, -0.15) is 0 Å². The van der Waals surface area contributed by atoms with Gasteiger partial charge in [0.2, 0.25) is 0 Å². The summed E-state index contributed by atoms with van der Waals surface area (Å²) in [5, 5.41) is 13.9. The zero-order valence-corrected chi connectivity index (χ0v) is 17.4. The number of benzene rings is 2. The molecule has 0 saturated heterocycles. The molecule has 0 bridgehead atoms. The van der Waals surface area contributed by atoms with Gasteiger partial charge >= 0.3 is 5.97 Å². The molecule has 3 aromatic rings. The second-order valence-electron chi connectivity index (χ2n) is 8.10. The topological polar surface area (TPSA) is 71.3 Å². The van der Waals surface area contributed by atoms with E-state index in [1.165, 1.54) is 0 Å². The molecule has 1 heterocycles. The average molecular weight is 425 g/mol. The molecular weight excluding hydrogens is 400 g/mol. The molecule has 0 atom stereocenters. The van der Waals surface area contributed by atoms with Gasteiger partial charge in [0.25, 0.3) is 5.91 Å². The van der Waals surface area contributed by atoms with Crippen molar-refractivity contribution >= 4 is 34.4 Å². The number of fused-ring (bicyclic) bond motifs is 1. The van der Waals surface area contributed by atoms with E-state index in [2.05, 4.69) is 9.88 Å². The molecule has 4 rings (SSSR count). The standard InChI is InChI=1S/C24H25ClN2O3/c25-19-8-4-17(5-9-19)15-27-13-12-18-2-1-3-21(23(18)27)24(30)26-20-10-6-16(7-11-20)14-22(28)29/h1-5,8-9,12-13,16,20H,6-7,10-11,14-15H2,(H,26,30)(H,28,29). The van der Waals surface area contributed by atoms with Crippen molar-refractivity contribution in [2.75, 3.05) is 0 Å². The lowest BCUT2D eigenvalue weighted by Gasteiger charge is -2.28. The van der Waals surface area contributed by atoms with Crippen molar-refractivity contribution in [3.63, 3.8) is 0 Å². The van der Waals surface area contributed by atoms with Crippen molar-refractivity contribution in [3.8, 4) is 0 Å². The third-order valence-corrected chi connectivity index (χ3v) is 6.20. The van der Waals surface area contributed by atoms with E-state index >= 15 is 0 Å². The van der Waals surface area contributed by atoms with Crippen LogP contribution in [-0.4, -0.2) is 27.6 Å². The number of nitrogens with one attached hydrogen (secondary N) is 1. The zero-order valence-electron chi connectivity index (χ0n) is 16.7. The molecule has 1 aromatic heterocycles. The average Bonchev–Trinajstić information content (AvgIpc) is 3.14. The lowest BCUT2D eigenvalue weighted by atomic mass is 9.84. The van der Waals surface area contributed by atoms with Crippen LogP contribution in [0.2, 0.25) is 5.02 Å². The van der Waals surface area contributed by atoms with Crippen molar-refractivity contribution in [2.45, 2.75) is 44.7 Å². The fourth-order valence-electron chi connectivity index (χ4n) is 4.38. The summed E-state index contributed by atoms with van der Waals surface area (Å²) in [6, 6.07) is 15.6. The molecule has 2 aromatic carbocycles. The Hall–Kier alpha value is -2.79. The fourth-order valence-corrected chi connectivity index (χ4v) is 4.51. The predicted octanol–water partition coefficient (Wildman–Crippen LogP) is 5.11. The third kappa shape index (κ3) is 4.68. The van der Waals surface area contributed by atoms with Gasteiger partial charge < -0.3 is 15.0 Å². The Bertz CT molecular complexity index is 1050. The van der Waals surface area contributed by atoms with E-state index in [0.29, 0.717) is 17.1 Å². The van der Waals surface area contributed by atoms with Crippen LogP contribution < -0.4 is 5.32 Å². The molecule has 2 N–H and O–H groups in total. The van der Waals surface area contributed by atoms with E-state index in [4.69, 9.17) is 16.7 Å². The quantitative estimate of drug-likeness (QED) is 0.577. The van der Waals surface area contributed by atoms with Crippen molar-refractivity contribution < 1.29 is 14.7 Å². The second-order valence-corrected chi connectivity index (χ2v) is 8.54. The maximum atomic E-state index is 13.1. The lowest BCUT2D eigenvalue weighted by Crippen LogP contribution is -2.38. The minimum Gasteiger partial charge on any atom is -0.481 e. The minimum atomic E-state index is -0.740. The van der Waals surface area contributed by atoms with Crippen LogP contribution in [0.25, 0.3) is 10.9 Å². The van der Waals surface area contributed by atoms with Gasteiger partial charge in [0.05, 0.1) is 11.1 Å². The van der Waals surface area contributed by atoms with Crippen molar-refractivity contribution in [3.05, 3.63) is 70.9 Å². The monoisotopic (exact) mass is 424 g/mol. The van der Waals surface area contributed by atoms with E-state index < -0.39 is 5.97 Å². The normalized spacial score (nSPS) is 19.0. The molecule has 1 fully saturated rings. The van der Waals surface area contributed by atoms with Crippen LogP contribution >= 0.6 is 11.6 Å². The molecule has 6 heteroatoms. The number of carboxylic acid groups (broad SMARTS) is 1. The van der Waals surface area contributed by atoms with Gasteiger partial charge in [-0.1, -0.05) is 35.9 Å². The van der Waals surface area contributed by atoms with E-state index in [-0.39, 0.29) is 24.3 Å². The number of amides is 1. The molecule has 0 radical (unpaired) electrons. The molecule has 30 heavy (non-hydrogen) atoms. The second kappa shape index (κ2) is 8.92. The van der Waals surface area contributed by atoms with E-state index in [1.807, 2.05) is 54.7 Å². The van der Waals surface area contributed by atoms with E-state index in [9.17, 15) is 9.59 Å². The highest BCUT2D eigenvalue weighted by atomic mass is 35.5. The molecule has 0 aliphatic heterocycles. The van der Waals surface area contributed by atoms with E-state index in [0.717, 1.165) is 42.1 Å². The number of para-hydroxylation sites is 1. The van der Waals surface area contributed by atoms with Gasteiger partial charge in [0.1, 0.15) is 0 Å². The zero-order chi connectivity index (χ0) is 21.1. The van der Waals surface area contributed by atoms with Gasteiger partial charge in [-0.05, 0) is 61.4 Å². The van der Waals surface area contributed by atoms with Crippen LogP contribution in [0.3, 0.4) is 0 Å². The highest BCUT2D eigenvalue weighted by molar-refractivity contribution is 6.30. The lowest BCUT2D eigenvalue weighted by molar-refractivity contribution is -0.138. The number of aliphatic carboxylic acids is 1. The van der Waals surface area contributed by atoms with Crippen LogP contribution in [0.4, 0.5) is 0 Å². The summed E-state index contributed by atoms with van der Waals surface area (Å²) >= 11 is 5.99. The number of hydrogen-bond acceptors (Lipinski definition) is 2. The van der Waals surface area contributed by atoms with Crippen LogP contribution in [0.1, 0.15) is 48.0 Å². The third-order valence-electron chi connectivity index (χ3n) is 5.94. The first-order valence-electron chi connectivity index (χ1n) is 10.3. The first kappa shape index (κ1) is 20.5. The summed E-state index contributed by atoms with van der Waals surface area (Å²) in [7, 11) is 0. The fraction of sp³-hybridized carbons (Fsp3) is 0.333. The Morgan fingerprint density at radius 3 is 2.47 bits per heavy atom. The summed E-state index contributed by atoms with van der Waals surface area (Å²) in [6.07, 6.45) is 5.56. The van der Waals surface area contributed by atoms with Gasteiger partial charge in [-0.25, -0.2) is 0 Å². The van der Waals surface area contributed by atoms with Gasteiger partial charge in [0, 0.05) is 35.6 Å². The minimum absolute atomic E-state index is 0.0710. The first-order valence-corrected chi connectivity index (χ1v) is 10.7. The number of carbonyl (C=O) groups is 2. The summed E-state index contributed by atoms with van der Waals surface area (Å²) in [4.78, 5) is 24.0. The Balaban J connectivity index is 1.49. The predicted molar refractivity (Wildman–Crippen MR) is 118 cm³/mol. The molecule has 0 unspecified atom stereocenters. The van der Waals surface area contributed by atoms with Crippen LogP contribution in [-0.2, 0) is 11.3 Å². The van der Waals surface area contributed by atoms with Gasteiger partial charge in [0.15, 0.2) is 0 Å². The molecule has 1 aliphatic rings. The Morgan fingerprint density at radius 1 is 1.03 bits per heavy atom. The Kier molecular flexibility index (Phi) is 6.09. The molecule has 1 aliphatic carbocycles. The molecule has 0 spiro atoms. The SMILES string of the molecule is O=C(O)CC1CCC(NC(=O)c2cccc3ccn(Cc4ccc(Cl)cc4)c23)CC1. The molecule has 1 amide bonds. The number of hydrogen-bond donors (Lipinski definition) is 2. The summed E-state index contributed by atoms with van der Waals surface area (Å²) in [6.45, 7) is 0.658. The van der Waals surface area contributed by atoms with Crippen molar-refractivity contribution in [2.24, 2.45) is 5.92 Å². The van der Waals surface area contributed by atoms with Crippen LogP contribution in [0.5, 0.6) is 0 Å². The number of nitrogens with zero attached hydrogens (tertiary/aromatic N) is 1. The largest absolute Gasteiger partial charge is 0.481 e. The highest BCUT2D eigenvalue weighted by Gasteiger charge is 2.25. The molecule has 156 valence electrons. The number of carboxylic acids is 1. The van der Waals surface area contributed by atoms with E-state index in [1.54, 1.807) is 0 Å². The molecule has 5 nitrogen and oxygen atoms in total. The summed E-state index contributed by atoms with van der Waals surface area (Å²) in [5.74, 6) is -0.593. The van der Waals surface area contributed by atoms with Crippen LogP contribution in [0, 0.1) is 5.92 Å². The van der Waals surface area contributed by atoms with Gasteiger partial charge in [-0.3, -0.25) is 9.59 Å². The Labute approximate surface area is 180 Å². The number of rotatable bonds is 6. The maximum absolute atomic E-state index is 13.1. The first-order chi connectivity index (χ1) is 14.5. The summed E-state index contributed by atoms with van der Waals surface area (Å²) < 4.78 is 2.09. The van der Waals surface area contributed by atoms with Gasteiger partial charge in [-0.15, -0.1) is 0 Å². The number of aromatic nitrogens is 1. The maximum Gasteiger partial charge on any atom is 0.303 e. The Morgan fingerprint density at radius 2 is 1.77 bits per heavy atom. The number of carbonyl (C=O) groups excluding carboxylic acids is 1. The van der Waals surface area contributed by atoms with Crippen molar-refractivity contribution in [1.29, 1.82) is 0 Å². The summed E-state index contributed by atoms with van der Waals surface area (Å²) in [5.41, 5.74) is 2.70.